The second-order valence-electron chi connectivity index (χ2n) is 7.50. The van der Waals surface area contributed by atoms with Gasteiger partial charge in [-0.1, -0.05) is 0 Å². The van der Waals surface area contributed by atoms with Gasteiger partial charge in [0, 0.05) is 37.3 Å². The first-order valence-corrected chi connectivity index (χ1v) is 11.4. The predicted octanol–water partition coefficient (Wildman–Crippen LogP) is 0.562. The molecule has 162 valence electrons. The largest absolute Gasteiger partial charge is 0.346 e. The maximum Gasteiger partial charge on any atom is 0.346 e. The Bertz CT molecular complexity index is 1120. The Balaban J connectivity index is 1.72. The Kier molecular flexibility index (Phi) is 6.22. The summed E-state index contributed by atoms with van der Waals surface area (Å²) >= 11 is 0. The number of rotatable bonds is 6. The third-order valence-corrected chi connectivity index (χ3v) is 6.43. The van der Waals surface area contributed by atoms with Gasteiger partial charge >= 0.3 is 5.69 Å². The summed E-state index contributed by atoms with van der Waals surface area (Å²) in [6.07, 6.45) is 2.56. The summed E-state index contributed by atoms with van der Waals surface area (Å²) in [5.41, 5.74) is 0.600. The van der Waals surface area contributed by atoms with Crippen molar-refractivity contribution in [3.63, 3.8) is 0 Å². The van der Waals surface area contributed by atoms with Crippen LogP contribution in [0.5, 0.6) is 0 Å². The second kappa shape index (κ2) is 8.52. The summed E-state index contributed by atoms with van der Waals surface area (Å²) in [6.45, 7) is 1.90. The summed E-state index contributed by atoms with van der Waals surface area (Å²) in [6, 6.07) is 6.45. The van der Waals surface area contributed by atoms with Crippen molar-refractivity contribution in [3.8, 4) is 0 Å². The minimum absolute atomic E-state index is 0.0717. The molecule has 30 heavy (non-hydrogen) atoms. The lowest BCUT2D eigenvalue weighted by atomic mass is 9.99. The highest BCUT2D eigenvalue weighted by molar-refractivity contribution is 7.88. The highest BCUT2D eigenvalue weighted by Gasteiger charge is 2.30. The SMILES string of the molecule is CC(=O)c1ccc(NC(=O)Cn2nc(C3CCCN(S(C)(=O)=O)C3)n(C)c2=O)cc1. The number of carbonyl (C=O) groups excluding carboxylic acids is 2. The zero-order chi connectivity index (χ0) is 22.1. The molecule has 0 aliphatic carbocycles. The molecule has 1 aliphatic rings. The maximum atomic E-state index is 12.5. The molecule has 1 amide bonds. The molecular formula is C19H25N5O5S. The van der Waals surface area contributed by atoms with E-state index in [2.05, 4.69) is 10.4 Å². The van der Waals surface area contributed by atoms with Crippen LogP contribution in [-0.4, -0.2) is 58.1 Å². The first-order valence-electron chi connectivity index (χ1n) is 9.56. The number of aromatic nitrogens is 3. The van der Waals surface area contributed by atoms with Crippen LogP contribution in [0.25, 0.3) is 0 Å². The van der Waals surface area contributed by atoms with E-state index in [0.29, 0.717) is 36.5 Å². The number of sulfonamides is 1. The Hall–Kier alpha value is -2.79. The van der Waals surface area contributed by atoms with E-state index in [1.165, 1.54) is 22.1 Å². The smallest absolute Gasteiger partial charge is 0.324 e. The fraction of sp³-hybridized carbons (Fsp3) is 0.474. The van der Waals surface area contributed by atoms with E-state index in [1.54, 1.807) is 31.3 Å². The van der Waals surface area contributed by atoms with Crippen molar-refractivity contribution < 1.29 is 18.0 Å². The number of carbonyl (C=O) groups is 2. The van der Waals surface area contributed by atoms with Crippen LogP contribution in [0.2, 0.25) is 0 Å². The number of benzene rings is 1. The van der Waals surface area contributed by atoms with Gasteiger partial charge in [-0.15, -0.1) is 0 Å². The summed E-state index contributed by atoms with van der Waals surface area (Å²) in [7, 11) is -1.75. The van der Waals surface area contributed by atoms with E-state index >= 15 is 0 Å². The minimum atomic E-state index is -3.32. The number of amides is 1. The number of piperidine rings is 1. The van der Waals surface area contributed by atoms with Crippen LogP contribution in [0.15, 0.2) is 29.1 Å². The van der Waals surface area contributed by atoms with Crippen molar-refractivity contribution in [1.29, 1.82) is 0 Å². The molecule has 2 heterocycles. The molecule has 1 N–H and O–H groups in total. The topological polar surface area (TPSA) is 123 Å². The maximum absolute atomic E-state index is 12.5. The van der Waals surface area contributed by atoms with Gasteiger partial charge in [-0.3, -0.25) is 14.2 Å². The van der Waals surface area contributed by atoms with Crippen molar-refractivity contribution in [2.45, 2.75) is 32.2 Å². The molecular weight excluding hydrogens is 410 g/mol. The van der Waals surface area contributed by atoms with E-state index in [9.17, 15) is 22.8 Å². The van der Waals surface area contributed by atoms with Gasteiger partial charge in [0.15, 0.2) is 5.78 Å². The van der Waals surface area contributed by atoms with Gasteiger partial charge in [0.25, 0.3) is 0 Å². The minimum Gasteiger partial charge on any atom is -0.324 e. The van der Waals surface area contributed by atoms with Gasteiger partial charge in [0.05, 0.1) is 6.26 Å². The van der Waals surface area contributed by atoms with Crippen LogP contribution in [0.1, 0.15) is 41.9 Å². The molecule has 0 radical (unpaired) electrons. The van der Waals surface area contributed by atoms with Gasteiger partial charge < -0.3 is 5.32 Å². The standard InChI is InChI=1S/C19H25N5O5S/c1-13(25)14-6-8-16(9-7-14)20-17(26)12-24-19(27)22(2)18(21-24)15-5-4-10-23(11-15)30(3,28)29/h6-9,15H,4-5,10-12H2,1-3H3,(H,20,26). The molecule has 3 rings (SSSR count). The molecule has 1 aliphatic heterocycles. The van der Waals surface area contributed by atoms with Crippen LogP contribution >= 0.6 is 0 Å². The molecule has 1 fully saturated rings. The lowest BCUT2D eigenvalue weighted by molar-refractivity contribution is -0.117. The predicted molar refractivity (Wildman–Crippen MR) is 111 cm³/mol. The number of ketones is 1. The molecule has 1 aromatic carbocycles. The Morgan fingerprint density at radius 2 is 1.90 bits per heavy atom. The monoisotopic (exact) mass is 435 g/mol. The molecule has 0 saturated carbocycles. The summed E-state index contributed by atoms with van der Waals surface area (Å²) < 4.78 is 27.6. The normalized spacial score (nSPS) is 17.6. The van der Waals surface area contributed by atoms with Gasteiger partial charge in [-0.2, -0.15) is 5.10 Å². The van der Waals surface area contributed by atoms with E-state index < -0.39 is 21.6 Å². The van der Waals surface area contributed by atoms with Crippen LogP contribution in [-0.2, 0) is 28.4 Å². The van der Waals surface area contributed by atoms with E-state index in [1.807, 2.05) is 0 Å². The molecule has 1 saturated heterocycles. The summed E-state index contributed by atoms with van der Waals surface area (Å²) in [4.78, 5) is 36.2. The lowest BCUT2D eigenvalue weighted by Gasteiger charge is -2.30. The summed E-state index contributed by atoms with van der Waals surface area (Å²) in [5, 5.41) is 6.98. The molecule has 0 spiro atoms. The van der Waals surface area contributed by atoms with E-state index in [4.69, 9.17) is 0 Å². The fourth-order valence-corrected chi connectivity index (χ4v) is 4.45. The average Bonchev–Trinajstić information content (AvgIpc) is 2.96. The van der Waals surface area contributed by atoms with Crippen molar-refractivity contribution in [1.82, 2.24) is 18.7 Å². The molecule has 1 atom stereocenters. The Morgan fingerprint density at radius 1 is 1.23 bits per heavy atom. The quantitative estimate of drug-likeness (QED) is 0.662. The average molecular weight is 436 g/mol. The molecule has 11 heteroatoms. The van der Waals surface area contributed by atoms with Gasteiger partial charge in [0.1, 0.15) is 12.4 Å². The molecule has 0 bridgehead atoms. The van der Waals surface area contributed by atoms with E-state index in [0.717, 1.165) is 4.68 Å². The third-order valence-electron chi connectivity index (χ3n) is 5.16. The number of Topliss-reactive ketones (excluding diaryl/α,β-unsaturated/α-hetero) is 1. The Morgan fingerprint density at radius 3 is 2.50 bits per heavy atom. The van der Waals surface area contributed by atoms with Crippen molar-refractivity contribution in [2.24, 2.45) is 7.05 Å². The number of anilines is 1. The number of hydrogen-bond acceptors (Lipinski definition) is 6. The lowest BCUT2D eigenvalue weighted by Crippen LogP contribution is -2.39. The van der Waals surface area contributed by atoms with Crippen LogP contribution in [0.3, 0.4) is 0 Å². The zero-order valence-corrected chi connectivity index (χ0v) is 18.0. The van der Waals surface area contributed by atoms with Crippen molar-refractivity contribution in [3.05, 3.63) is 46.1 Å². The van der Waals surface area contributed by atoms with Crippen LogP contribution in [0, 0.1) is 0 Å². The van der Waals surface area contributed by atoms with Gasteiger partial charge in [-0.25, -0.2) is 22.2 Å². The number of nitrogens with zero attached hydrogens (tertiary/aromatic N) is 4. The molecule has 1 unspecified atom stereocenters. The van der Waals surface area contributed by atoms with Gasteiger partial charge in [0.2, 0.25) is 15.9 Å². The van der Waals surface area contributed by atoms with E-state index in [-0.39, 0.29) is 24.8 Å². The van der Waals surface area contributed by atoms with Crippen LogP contribution in [0.4, 0.5) is 5.69 Å². The third kappa shape index (κ3) is 4.85. The highest BCUT2D eigenvalue weighted by atomic mass is 32.2. The molecule has 1 aromatic heterocycles. The first kappa shape index (κ1) is 21.9. The first-order chi connectivity index (χ1) is 14.1. The molecule has 10 nitrogen and oxygen atoms in total. The zero-order valence-electron chi connectivity index (χ0n) is 17.2. The molecule has 2 aromatic rings. The second-order valence-corrected chi connectivity index (χ2v) is 9.48. The number of nitrogens with one attached hydrogen (secondary N) is 1. The summed E-state index contributed by atoms with van der Waals surface area (Å²) in [5.74, 6) is -0.252. The fourth-order valence-electron chi connectivity index (χ4n) is 3.54. The van der Waals surface area contributed by atoms with Crippen LogP contribution < -0.4 is 11.0 Å². The van der Waals surface area contributed by atoms with Crippen molar-refractivity contribution >= 4 is 27.4 Å². The van der Waals surface area contributed by atoms with Gasteiger partial charge in [-0.05, 0) is 44.0 Å². The Labute approximate surface area is 174 Å². The highest BCUT2D eigenvalue weighted by Crippen LogP contribution is 2.26. The van der Waals surface area contributed by atoms with Crippen molar-refractivity contribution in [2.75, 3.05) is 24.7 Å². The number of hydrogen-bond donors (Lipinski definition) is 1.